The van der Waals surface area contributed by atoms with Crippen LogP contribution in [-0.2, 0) is 16.1 Å². The van der Waals surface area contributed by atoms with Crippen molar-refractivity contribution in [1.29, 1.82) is 0 Å². The number of ether oxygens (including phenoxy) is 1. The monoisotopic (exact) mass is 421 g/mol. The number of amides is 1. The summed E-state index contributed by atoms with van der Waals surface area (Å²) in [5.41, 5.74) is 1.53. The van der Waals surface area contributed by atoms with E-state index in [1.165, 1.54) is 0 Å². The van der Waals surface area contributed by atoms with Gasteiger partial charge in [0.05, 0.1) is 18.4 Å². The van der Waals surface area contributed by atoms with Crippen LogP contribution in [-0.4, -0.2) is 41.1 Å². The second kappa shape index (κ2) is 7.75. The Balaban J connectivity index is 1.33. The summed E-state index contributed by atoms with van der Waals surface area (Å²) >= 11 is 0. The van der Waals surface area contributed by atoms with Crippen LogP contribution < -0.4 is 15.5 Å². The summed E-state index contributed by atoms with van der Waals surface area (Å²) in [4.78, 5) is 22.8. The van der Waals surface area contributed by atoms with Crippen molar-refractivity contribution in [2.24, 2.45) is 0 Å². The van der Waals surface area contributed by atoms with Gasteiger partial charge >= 0.3 is 0 Å². The van der Waals surface area contributed by atoms with Crippen molar-refractivity contribution in [3.8, 4) is 0 Å². The Morgan fingerprint density at radius 2 is 1.90 bits per heavy atom. The Labute approximate surface area is 171 Å². The molecule has 0 unspecified atom stereocenters. The topological polar surface area (TPSA) is 79.4 Å². The number of anilines is 3. The second-order valence-electron chi connectivity index (χ2n) is 7.73. The molecule has 0 radical (unpaired) electrons. The molecule has 1 saturated carbocycles. The first-order valence-corrected chi connectivity index (χ1v) is 9.66. The van der Waals surface area contributed by atoms with Crippen LogP contribution in [0.15, 0.2) is 12.1 Å². The number of nitrogens with zero attached hydrogens (tertiary/aromatic N) is 3. The van der Waals surface area contributed by atoms with Crippen molar-refractivity contribution in [2.75, 3.05) is 22.6 Å². The Hall–Kier alpha value is -2.88. The Bertz CT molecular complexity index is 974. The molecule has 1 atom stereocenters. The van der Waals surface area contributed by atoms with E-state index < -0.39 is 17.5 Å². The Kier molecular flexibility index (Phi) is 5.27. The molecule has 0 spiro atoms. The summed E-state index contributed by atoms with van der Waals surface area (Å²) in [7, 11) is 1.81. The molecule has 1 aliphatic carbocycles. The van der Waals surface area contributed by atoms with Crippen LogP contribution in [0.4, 0.5) is 30.6 Å². The van der Waals surface area contributed by atoms with Crippen molar-refractivity contribution in [1.82, 2.24) is 9.97 Å². The SMILES string of the molecule is Cc1nc(N[C@H]2C[C@H](OCc3cc(F)c(F)c(F)c3)C2)nc2c1NC(=O)[C@H](C)N2C. The number of benzene rings is 1. The molecule has 1 fully saturated rings. The van der Waals surface area contributed by atoms with Gasteiger partial charge in [0, 0.05) is 13.1 Å². The average molecular weight is 421 g/mol. The van der Waals surface area contributed by atoms with Gasteiger partial charge in [0.25, 0.3) is 0 Å². The molecule has 1 amide bonds. The van der Waals surface area contributed by atoms with Crippen molar-refractivity contribution in [2.45, 2.75) is 51.5 Å². The van der Waals surface area contributed by atoms with E-state index in [0.717, 1.165) is 12.1 Å². The second-order valence-corrected chi connectivity index (χ2v) is 7.73. The standard InChI is InChI=1S/C20H22F3N5O2/c1-9-17-18(28(3)10(2)19(29)26-17)27-20(24-9)25-12-6-13(7-12)30-8-11-4-14(21)16(23)15(22)5-11/h4-5,10,12-13H,6-8H2,1-3H3,(H,26,29)(H,24,25,27)/t10-,12-,13-/m0/s1. The van der Waals surface area contributed by atoms with Crippen molar-refractivity contribution in [3.05, 3.63) is 40.8 Å². The summed E-state index contributed by atoms with van der Waals surface area (Å²) in [6, 6.07) is 1.64. The highest BCUT2D eigenvalue weighted by Gasteiger charge is 2.33. The highest BCUT2D eigenvalue weighted by molar-refractivity contribution is 6.03. The zero-order valence-electron chi connectivity index (χ0n) is 16.8. The van der Waals surface area contributed by atoms with E-state index in [-0.39, 0.29) is 36.3 Å². The largest absolute Gasteiger partial charge is 0.373 e. The number of aromatic nitrogens is 2. The van der Waals surface area contributed by atoms with Crippen LogP contribution in [0, 0.1) is 24.4 Å². The molecule has 0 bridgehead atoms. The van der Waals surface area contributed by atoms with Crippen molar-refractivity contribution < 1.29 is 22.7 Å². The molecule has 2 aromatic rings. The summed E-state index contributed by atoms with van der Waals surface area (Å²) in [6.07, 6.45) is 1.27. The van der Waals surface area contributed by atoms with Crippen LogP contribution in [0.3, 0.4) is 0 Å². The lowest BCUT2D eigenvalue weighted by atomic mass is 9.89. The molecule has 2 heterocycles. The quantitative estimate of drug-likeness (QED) is 0.723. The first kappa shape index (κ1) is 20.4. The first-order chi connectivity index (χ1) is 14.2. The zero-order valence-corrected chi connectivity index (χ0v) is 16.8. The van der Waals surface area contributed by atoms with Crippen molar-refractivity contribution >= 4 is 23.4 Å². The first-order valence-electron chi connectivity index (χ1n) is 9.66. The van der Waals surface area contributed by atoms with Crippen LogP contribution in [0.1, 0.15) is 31.0 Å². The van der Waals surface area contributed by atoms with E-state index in [1.807, 2.05) is 18.9 Å². The lowest BCUT2D eigenvalue weighted by Crippen LogP contribution is -2.45. The van der Waals surface area contributed by atoms with Gasteiger partial charge in [0.15, 0.2) is 23.3 Å². The predicted octanol–water partition coefficient (Wildman–Crippen LogP) is 3.14. The maximum absolute atomic E-state index is 13.3. The van der Waals surface area contributed by atoms with E-state index in [0.29, 0.717) is 36.0 Å². The number of carbonyl (C=O) groups excluding carboxylic acids is 1. The Morgan fingerprint density at radius 3 is 2.57 bits per heavy atom. The molecule has 7 nitrogen and oxygen atoms in total. The van der Waals surface area contributed by atoms with E-state index in [9.17, 15) is 18.0 Å². The van der Waals surface area contributed by atoms with E-state index in [2.05, 4.69) is 20.6 Å². The third-order valence-corrected chi connectivity index (χ3v) is 5.57. The molecule has 1 aliphatic heterocycles. The molecule has 10 heteroatoms. The average Bonchev–Trinajstić information content (AvgIpc) is 2.67. The number of aryl methyl sites for hydroxylation is 1. The number of halogens is 3. The van der Waals surface area contributed by atoms with Crippen LogP contribution in [0.5, 0.6) is 0 Å². The van der Waals surface area contributed by atoms with Gasteiger partial charge in [-0.15, -0.1) is 0 Å². The normalized spacial score (nSPS) is 22.9. The highest BCUT2D eigenvalue weighted by Crippen LogP contribution is 2.33. The highest BCUT2D eigenvalue weighted by atomic mass is 19.2. The van der Waals surface area contributed by atoms with Gasteiger partial charge < -0.3 is 20.3 Å². The molecule has 160 valence electrons. The summed E-state index contributed by atoms with van der Waals surface area (Å²) < 4.78 is 45.2. The predicted molar refractivity (Wildman–Crippen MR) is 105 cm³/mol. The minimum absolute atomic E-state index is 0.00232. The Morgan fingerprint density at radius 1 is 1.23 bits per heavy atom. The van der Waals surface area contributed by atoms with Crippen LogP contribution in [0.2, 0.25) is 0 Å². The molecule has 1 aromatic heterocycles. The number of hydrogen-bond donors (Lipinski definition) is 2. The fourth-order valence-corrected chi connectivity index (χ4v) is 3.52. The van der Waals surface area contributed by atoms with Crippen LogP contribution in [0.25, 0.3) is 0 Å². The minimum Gasteiger partial charge on any atom is -0.373 e. The fourth-order valence-electron chi connectivity index (χ4n) is 3.52. The number of hydrogen-bond acceptors (Lipinski definition) is 6. The number of rotatable bonds is 5. The van der Waals surface area contributed by atoms with E-state index in [1.54, 1.807) is 6.92 Å². The molecule has 0 saturated heterocycles. The smallest absolute Gasteiger partial charge is 0.246 e. The van der Waals surface area contributed by atoms with Gasteiger partial charge in [-0.05, 0) is 44.4 Å². The lowest BCUT2D eigenvalue weighted by Gasteiger charge is -2.36. The third kappa shape index (κ3) is 3.79. The van der Waals surface area contributed by atoms with Gasteiger partial charge in [-0.1, -0.05) is 0 Å². The van der Waals surface area contributed by atoms with Crippen LogP contribution >= 0.6 is 0 Å². The number of likely N-dealkylation sites (N-methyl/N-ethyl adjacent to an activating group) is 1. The van der Waals surface area contributed by atoms with Gasteiger partial charge in [0.2, 0.25) is 11.9 Å². The molecule has 4 rings (SSSR count). The maximum Gasteiger partial charge on any atom is 0.246 e. The lowest BCUT2D eigenvalue weighted by molar-refractivity contribution is -0.117. The van der Waals surface area contributed by atoms with Crippen molar-refractivity contribution in [3.63, 3.8) is 0 Å². The molecule has 2 aliphatic rings. The number of carbonyl (C=O) groups is 1. The summed E-state index contributed by atoms with van der Waals surface area (Å²) in [5, 5.41) is 6.10. The molecular weight excluding hydrogens is 399 g/mol. The van der Waals surface area contributed by atoms with Gasteiger partial charge in [-0.3, -0.25) is 4.79 Å². The van der Waals surface area contributed by atoms with Gasteiger partial charge in [-0.2, -0.15) is 4.98 Å². The van der Waals surface area contributed by atoms with Gasteiger partial charge in [-0.25, -0.2) is 18.2 Å². The third-order valence-electron chi connectivity index (χ3n) is 5.57. The minimum atomic E-state index is -1.48. The number of nitrogens with one attached hydrogen (secondary N) is 2. The summed E-state index contributed by atoms with van der Waals surface area (Å²) in [5.74, 6) is -2.91. The number of fused-ring (bicyclic) bond motifs is 1. The van der Waals surface area contributed by atoms with E-state index >= 15 is 0 Å². The van der Waals surface area contributed by atoms with E-state index in [4.69, 9.17) is 4.74 Å². The molecular formula is C20H22F3N5O2. The van der Waals surface area contributed by atoms with Gasteiger partial charge in [0.1, 0.15) is 11.7 Å². The molecule has 2 N–H and O–H groups in total. The molecule has 30 heavy (non-hydrogen) atoms. The summed E-state index contributed by atoms with van der Waals surface area (Å²) in [6.45, 7) is 3.61. The fraction of sp³-hybridized carbons (Fsp3) is 0.450. The zero-order chi connectivity index (χ0) is 21.6. The molecule has 1 aromatic carbocycles. The maximum atomic E-state index is 13.3.